The van der Waals surface area contributed by atoms with Crippen molar-refractivity contribution in [2.75, 3.05) is 0 Å². The number of aromatic hydroxyl groups is 1. The fraction of sp³-hybridized carbons (Fsp3) is 0.0714. The van der Waals surface area contributed by atoms with Crippen molar-refractivity contribution in [3.8, 4) is 5.75 Å². The summed E-state index contributed by atoms with van der Waals surface area (Å²) in [5, 5.41) is 11.9. The van der Waals surface area contributed by atoms with Crippen molar-refractivity contribution >= 4 is 17.5 Å². The first kappa shape index (κ1) is 13.4. The van der Waals surface area contributed by atoms with Gasteiger partial charge in [-0.1, -0.05) is 23.7 Å². The summed E-state index contributed by atoms with van der Waals surface area (Å²) < 4.78 is 13.2. The maximum atomic E-state index is 13.2. The molecular formula is C14H11ClFNO2. The molecule has 2 aromatic rings. The molecular weight excluding hydrogens is 269 g/mol. The number of hydrogen-bond donors (Lipinski definition) is 2. The maximum Gasteiger partial charge on any atom is 0.251 e. The summed E-state index contributed by atoms with van der Waals surface area (Å²) in [5.41, 5.74) is 0.949. The predicted molar refractivity (Wildman–Crippen MR) is 70.7 cm³/mol. The molecule has 2 aromatic carbocycles. The van der Waals surface area contributed by atoms with E-state index in [0.717, 1.165) is 11.6 Å². The van der Waals surface area contributed by atoms with E-state index in [9.17, 15) is 14.3 Å². The van der Waals surface area contributed by atoms with E-state index in [1.807, 2.05) is 0 Å². The van der Waals surface area contributed by atoms with Crippen molar-refractivity contribution < 1.29 is 14.3 Å². The third-order valence-corrected chi connectivity index (χ3v) is 2.85. The zero-order valence-electron chi connectivity index (χ0n) is 9.86. The smallest absolute Gasteiger partial charge is 0.251 e. The Hall–Kier alpha value is -2.07. The van der Waals surface area contributed by atoms with Crippen LogP contribution in [0.25, 0.3) is 0 Å². The highest BCUT2D eigenvalue weighted by molar-refractivity contribution is 6.30. The van der Waals surface area contributed by atoms with Gasteiger partial charge in [0.1, 0.15) is 11.6 Å². The Kier molecular flexibility index (Phi) is 4.02. The van der Waals surface area contributed by atoms with E-state index in [0.29, 0.717) is 0 Å². The second-order valence-electron chi connectivity index (χ2n) is 3.98. The van der Waals surface area contributed by atoms with E-state index in [-0.39, 0.29) is 22.9 Å². The molecule has 2 N–H and O–H groups in total. The monoisotopic (exact) mass is 279 g/mol. The highest BCUT2D eigenvalue weighted by Crippen LogP contribution is 2.16. The Morgan fingerprint density at radius 3 is 2.74 bits per heavy atom. The zero-order chi connectivity index (χ0) is 13.8. The van der Waals surface area contributed by atoms with Crippen LogP contribution in [0.1, 0.15) is 15.9 Å². The number of amides is 1. The lowest BCUT2D eigenvalue weighted by atomic mass is 10.2. The number of halogens is 2. The number of phenols is 1. The maximum absolute atomic E-state index is 13.2. The molecule has 0 aliphatic heterocycles. The molecule has 0 saturated carbocycles. The van der Waals surface area contributed by atoms with E-state index >= 15 is 0 Å². The largest absolute Gasteiger partial charge is 0.508 e. The van der Waals surface area contributed by atoms with Gasteiger partial charge in [0, 0.05) is 12.1 Å². The van der Waals surface area contributed by atoms with Gasteiger partial charge in [-0.25, -0.2) is 4.39 Å². The molecule has 0 aromatic heterocycles. The van der Waals surface area contributed by atoms with Crippen LogP contribution in [-0.2, 0) is 6.54 Å². The van der Waals surface area contributed by atoms with Crippen LogP contribution >= 0.6 is 11.6 Å². The molecule has 0 bridgehead atoms. The molecule has 1 amide bonds. The zero-order valence-corrected chi connectivity index (χ0v) is 10.6. The average Bonchev–Trinajstić information content (AvgIpc) is 2.39. The van der Waals surface area contributed by atoms with Gasteiger partial charge in [0.2, 0.25) is 0 Å². The van der Waals surface area contributed by atoms with Gasteiger partial charge < -0.3 is 10.4 Å². The van der Waals surface area contributed by atoms with Gasteiger partial charge in [-0.2, -0.15) is 0 Å². The molecule has 0 spiro atoms. The molecule has 19 heavy (non-hydrogen) atoms. The summed E-state index contributed by atoms with van der Waals surface area (Å²) in [6.45, 7) is 0.247. The minimum absolute atomic E-state index is 0.0236. The molecule has 0 radical (unpaired) electrons. The van der Waals surface area contributed by atoms with Crippen LogP contribution in [0.2, 0.25) is 5.02 Å². The van der Waals surface area contributed by atoms with E-state index in [4.69, 9.17) is 11.6 Å². The van der Waals surface area contributed by atoms with Gasteiger partial charge in [0.05, 0.1) is 5.02 Å². The fourth-order valence-electron chi connectivity index (χ4n) is 1.59. The van der Waals surface area contributed by atoms with Crippen LogP contribution in [0.3, 0.4) is 0 Å². The summed E-state index contributed by atoms with van der Waals surface area (Å²) in [7, 11) is 0. The van der Waals surface area contributed by atoms with Crippen molar-refractivity contribution in [3.05, 3.63) is 64.4 Å². The minimum Gasteiger partial charge on any atom is -0.508 e. The Labute approximate surface area is 114 Å². The Bertz CT molecular complexity index is 616. The Morgan fingerprint density at radius 2 is 2.05 bits per heavy atom. The van der Waals surface area contributed by atoms with E-state index in [1.54, 1.807) is 24.3 Å². The van der Waals surface area contributed by atoms with Crippen molar-refractivity contribution in [2.24, 2.45) is 0 Å². The molecule has 0 heterocycles. The third-order valence-electron chi connectivity index (χ3n) is 2.55. The third kappa shape index (κ3) is 3.45. The van der Waals surface area contributed by atoms with Gasteiger partial charge in [-0.05, 0) is 35.9 Å². The van der Waals surface area contributed by atoms with Crippen LogP contribution in [0, 0.1) is 5.82 Å². The van der Waals surface area contributed by atoms with Crippen LogP contribution in [0.4, 0.5) is 4.39 Å². The lowest BCUT2D eigenvalue weighted by molar-refractivity contribution is 0.0950. The first-order chi connectivity index (χ1) is 9.06. The molecule has 0 fully saturated rings. The van der Waals surface area contributed by atoms with Crippen molar-refractivity contribution in [2.45, 2.75) is 6.54 Å². The van der Waals surface area contributed by atoms with Crippen LogP contribution in [-0.4, -0.2) is 11.0 Å². The summed E-state index contributed by atoms with van der Waals surface area (Å²) in [5.74, 6) is -0.908. The standard InChI is InChI=1S/C14H11ClFNO2/c15-12-5-4-10(7-13(12)16)14(19)17-8-9-2-1-3-11(18)6-9/h1-7,18H,8H2,(H,17,19). The van der Waals surface area contributed by atoms with Crippen molar-refractivity contribution in [3.63, 3.8) is 0 Å². The fourth-order valence-corrected chi connectivity index (χ4v) is 1.71. The molecule has 98 valence electrons. The van der Waals surface area contributed by atoms with Gasteiger partial charge in [0.25, 0.3) is 5.91 Å². The van der Waals surface area contributed by atoms with Gasteiger partial charge in [0.15, 0.2) is 0 Å². The summed E-state index contributed by atoms with van der Waals surface area (Å²) in [6.07, 6.45) is 0. The lowest BCUT2D eigenvalue weighted by Crippen LogP contribution is -2.22. The topological polar surface area (TPSA) is 49.3 Å². The molecule has 0 atom stereocenters. The highest BCUT2D eigenvalue weighted by atomic mass is 35.5. The van der Waals surface area contributed by atoms with Crippen molar-refractivity contribution in [1.82, 2.24) is 5.32 Å². The summed E-state index contributed by atoms with van der Waals surface area (Å²) in [4.78, 5) is 11.8. The number of rotatable bonds is 3. The summed E-state index contributed by atoms with van der Waals surface area (Å²) in [6, 6.07) is 10.4. The molecule has 5 heteroatoms. The van der Waals surface area contributed by atoms with Crippen molar-refractivity contribution in [1.29, 1.82) is 0 Å². The quantitative estimate of drug-likeness (QED) is 0.907. The molecule has 2 rings (SSSR count). The highest BCUT2D eigenvalue weighted by Gasteiger charge is 2.08. The predicted octanol–water partition coefficient (Wildman–Crippen LogP) is 3.11. The number of nitrogens with one attached hydrogen (secondary N) is 1. The number of phenolic OH excluding ortho intramolecular Hbond substituents is 1. The first-order valence-corrected chi connectivity index (χ1v) is 5.95. The lowest BCUT2D eigenvalue weighted by Gasteiger charge is -2.06. The van der Waals surface area contributed by atoms with Crippen LogP contribution in [0.5, 0.6) is 5.75 Å². The summed E-state index contributed by atoms with van der Waals surface area (Å²) >= 11 is 5.54. The van der Waals surface area contributed by atoms with E-state index < -0.39 is 11.7 Å². The Morgan fingerprint density at radius 1 is 1.26 bits per heavy atom. The first-order valence-electron chi connectivity index (χ1n) is 5.57. The van der Waals surface area contributed by atoms with Gasteiger partial charge >= 0.3 is 0 Å². The van der Waals surface area contributed by atoms with E-state index in [2.05, 4.69) is 5.32 Å². The second-order valence-corrected chi connectivity index (χ2v) is 4.39. The van der Waals surface area contributed by atoms with Crippen LogP contribution < -0.4 is 5.32 Å². The van der Waals surface area contributed by atoms with Crippen LogP contribution in [0.15, 0.2) is 42.5 Å². The Balaban J connectivity index is 2.03. The molecule has 3 nitrogen and oxygen atoms in total. The minimum atomic E-state index is -0.633. The van der Waals surface area contributed by atoms with Gasteiger partial charge in [-0.3, -0.25) is 4.79 Å². The normalized spacial score (nSPS) is 10.2. The molecule has 0 aliphatic rings. The second kappa shape index (κ2) is 5.71. The van der Waals surface area contributed by atoms with Gasteiger partial charge in [-0.15, -0.1) is 0 Å². The number of carbonyl (C=O) groups is 1. The SMILES string of the molecule is O=C(NCc1cccc(O)c1)c1ccc(Cl)c(F)c1. The number of benzene rings is 2. The molecule has 0 unspecified atom stereocenters. The molecule has 0 aliphatic carbocycles. The number of hydrogen-bond acceptors (Lipinski definition) is 2. The molecule has 0 saturated heterocycles. The number of carbonyl (C=O) groups excluding carboxylic acids is 1. The average molecular weight is 280 g/mol. The van der Waals surface area contributed by atoms with E-state index in [1.165, 1.54) is 12.1 Å².